The van der Waals surface area contributed by atoms with E-state index in [4.69, 9.17) is 4.74 Å². The van der Waals surface area contributed by atoms with Crippen molar-refractivity contribution >= 4 is 23.4 Å². The Hall–Kier alpha value is -1.87. The van der Waals surface area contributed by atoms with Gasteiger partial charge in [-0.05, 0) is 27.7 Å². The maximum absolute atomic E-state index is 12.1. The third-order valence-corrected chi connectivity index (χ3v) is 5.24. The largest absolute Gasteiger partial charge is 0.444 e. The number of ether oxygens (including phenoxy) is 1. The molecule has 2 heterocycles. The first-order valence-corrected chi connectivity index (χ1v) is 10.6. The van der Waals surface area contributed by atoms with E-state index in [2.05, 4.69) is 32.4 Å². The van der Waals surface area contributed by atoms with E-state index in [0.29, 0.717) is 13.1 Å². The molecule has 158 valence electrons. The number of nitrogens with one attached hydrogen (secondary N) is 2. The van der Waals surface area contributed by atoms with Gasteiger partial charge in [0.15, 0.2) is 5.96 Å². The van der Waals surface area contributed by atoms with E-state index in [-0.39, 0.29) is 6.09 Å². The van der Waals surface area contributed by atoms with Crippen molar-refractivity contribution in [1.29, 1.82) is 0 Å². The fourth-order valence-electron chi connectivity index (χ4n) is 2.84. The SMILES string of the molecule is CN=C(NCCc1ncc(C)s1)NCCN1CCN(C(=O)OC(C)(C)C)CC1. The number of guanidine groups is 1. The zero-order chi connectivity index (χ0) is 20.6. The van der Waals surface area contributed by atoms with E-state index in [9.17, 15) is 4.79 Å². The topological polar surface area (TPSA) is 82.1 Å². The predicted molar refractivity (Wildman–Crippen MR) is 114 cm³/mol. The molecule has 1 aliphatic rings. The Morgan fingerprint density at radius 3 is 2.50 bits per heavy atom. The van der Waals surface area contributed by atoms with E-state index < -0.39 is 5.60 Å². The van der Waals surface area contributed by atoms with Gasteiger partial charge in [0.25, 0.3) is 0 Å². The van der Waals surface area contributed by atoms with Crippen LogP contribution in [0.15, 0.2) is 11.2 Å². The zero-order valence-electron chi connectivity index (χ0n) is 17.7. The molecule has 0 aromatic carbocycles. The monoisotopic (exact) mass is 410 g/mol. The van der Waals surface area contributed by atoms with Crippen LogP contribution in [0.25, 0.3) is 0 Å². The molecule has 2 rings (SSSR count). The zero-order valence-corrected chi connectivity index (χ0v) is 18.6. The number of amides is 1. The van der Waals surface area contributed by atoms with Gasteiger partial charge in [-0.3, -0.25) is 9.89 Å². The molecule has 0 radical (unpaired) electrons. The molecule has 1 amide bonds. The molecule has 0 atom stereocenters. The van der Waals surface area contributed by atoms with Gasteiger partial charge in [0.05, 0.1) is 5.01 Å². The van der Waals surface area contributed by atoms with Crippen LogP contribution in [0.5, 0.6) is 0 Å². The van der Waals surface area contributed by atoms with Crippen molar-refractivity contribution in [3.8, 4) is 0 Å². The molecule has 8 nitrogen and oxygen atoms in total. The van der Waals surface area contributed by atoms with Crippen LogP contribution in [-0.4, -0.2) is 85.3 Å². The Bertz CT molecular complexity index is 647. The Morgan fingerprint density at radius 1 is 1.25 bits per heavy atom. The summed E-state index contributed by atoms with van der Waals surface area (Å²) in [6.45, 7) is 13.4. The second-order valence-corrected chi connectivity index (χ2v) is 9.17. The van der Waals surface area contributed by atoms with Crippen LogP contribution in [0.2, 0.25) is 0 Å². The minimum Gasteiger partial charge on any atom is -0.444 e. The molecule has 0 bridgehead atoms. The van der Waals surface area contributed by atoms with Gasteiger partial charge in [0.2, 0.25) is 0 Å². The summed E-state index contributed by atoms with van der Waals surface area (Å²) >= 11 is 1.73. The highest BCUT2D eigenvalue weighted by atomic mass is 32.1. The first-order chi connectivity index (χ1) is 13.3. The predicted octanol–water partition coefficient (Wildman–Crippen LogP) is 1.71. The Labute approximate surface area is 172 Å². The van der Waals surface area contributed by atoms with Crippen molar-refractivity contribution < 1.29 is 9.53 Å². The Morgan fingerprint density at radius 2 is 1.93 bits per heavy atom. The summed E-state index contributed by atoms with van der Waals surface area (Å²) in [5.41, 5.74) is -0.445. The van der Waals surface area contributed by atoms with E-state index in [0.717, 1.165) is 50.1 Å². The van der Waals surface area contributed by atoms with Gasteiger partial charge in [-0.2, -0.15) is 0 Å². The van der Waals surface area contributed by atoms with Crippen LogP contribution >= 0.6 is 11.3 Å². The molecular weight excluding hydrogens is 376 g/mol. The highest BCUT2D eigenvalue weighted by Crippen LogP contribution is 2.12. The number of hydrogen-bond acceptors (Lipinski definition) is 6. The van der Waals surface area contributed by atoms with Crippen molar-refractivity contribution in [1.82, 2.24) is 25.4 Å². The third-order valence-electron chi connectivity index (χ3n) is 4.27. The van der Waals surface area contributed by atoms with Gasteiger partial charge in [0.1, 0.15) is 5.60 Å². The lowest BCUT2D eigenvalue weighted by Crippen LogP contribution is -2.51. The summed E-state index contributed by atoms with van der Waals surface area (Å²) in [4.78, 5) is 26.1. The summed E-state index contributed by atoms with van der Waals surface area (Å²) in [5.74, 6) is 0.806. The molecule has 2 N–H and O–H groups in total. The van der Waals surface area contributed by atoms with Crippen LogP contribution in [0, 0.1) is 6.92 Å². The highest BCUT2D eigenvalue weighted by Gasteiger charge is 2.25. The molecule has 1 fully saturated rings. The lowest BCUT2D eigenvalue weighted by Gasteiger charge is -2.35. The fourth-order valence-corrected chi connectivity index (χ4v) is 3.63. The van der Waals surface area contributed by atoms with Gasteiger partial charge >= 0.3 is 6.09 Å². The van der Waals surface area contributed by atoms with E-state index in [1.165, 1.54) is 4.88 Å². The Kier molecular flexibility index (Phi) is 8.50. The fraction of sp³-hybridized carbons (Fsp3) is 0.737. The Balaban J connectivity index is 1.60. The highest BCUT2D eigenvalue weighted by molar-refractivity contribution is 7.11. The molecule has 1 aliphatic heterocycles. The third kappa shape index (κ3) is 8.02. The number of aryl methyl sites for hydroxylation is 1. The van der Waals surface area contributed by atoms with Gasteiger partial charge in [0, 0.05) is 70.4 Å². The standard InChI is InChI=1S/C19H34N6O2S/c1-15-14-23-16(28-15)6-7-21-17(20-5)22-8-9-24-10-12-25(13-11-24)18(26)27-19(2,3)4/h14H,6-13H2,1-5H3,(H2,20,21,22). The second-order valence-electron chi connectivity index (χ2n) is 7.85. The van der Waals surface area contributed by atoms with Crippen LogP contribution in [0.3, 0.4) is 0 Å². The molecule has 0 unspecified atom stereocenters. The van der Waals surface area contributed by atoms with Gasteiger partial charge in [-0.25, -0.2) is 9.78 Å². The van der Waals surface area contributed by atoms with Crippen molar-refractivity contribution in [2.24, 2.45) is 4.99 Å². The van der Waals surface area contributed by atoms with Gasteiger partial charge in [-0.1, -0.05) is 0 Å². The van der Waals surface area contributed by atoms with Crippen molar-refractivity contribution in [3.05, 3.63) is 16.1 Å². The summed E-state index contributed by atoms with van der Waals surface area (Å²) in [5, 5.41) is 7.82. The van der Waals surface area contributed by atoms with E-state index in [1.807, 2.05) is 27.0 Å². The number of aliphatic imine (C=N–C) groups is 1. The van der Waals surface area contributed by atoms with Gasteiger partial charge < -0.3 is 20.3 Å². The lowest BCUT2D eigenvalue weighted by molar-refractivity contribution is 0.0147. The molecule has 0 saturated carbocycles. The van der Waals surface area contributed by atoms with E-state index >= 15 is 0 Å². The second kappa shape index (κ2) is 10.6. The van der Waals surface area contributed by atoms with Crippen molar-refractivity contribution in [3.63, 3.8) is 0 Å². The number of nitrogens with zero attached hydrogens (tertiary/aromatic N) is 4. The summed E-state index contributed by atoms with van der Waals surface area (Å²) in [6, 6.07) is 0. The number of carbonyl (C=O) groups excluding carboxylic acids is 1. The average molecular weight is 411 g/mol. The minimum absolute atomic E-state index is 0.217. The molecule has 1 aromatic rings. The maximum Gasteiger partial charge on any atom is 0.410 e. The van der Waals surface area contributed by atoms with Crippen molar-refractivity contribution in [2.45, 2.75) is 39.7 Å². The maximum atomic E-state index is 12.1. The van der Waals surface area contributed by atoms with Crippen LogP contribution in [0.4, 0.5) is 4.79 Å². The van der Waals surface area contributed by atoms with Crippen LogP contribution in [0.1, 0.15) is 30.7 Å². The average Bonchev–Trinajstić information content (AvgIpc) is 3.04. The molecule has 9 heteroatoms. The van der Waals surface area contributed by atoms with E-state index in [1.54, 1.807) is 23.3 Å². The molecule has 0 spiro atoms. The van der Waals surface area contributed by atoms with Crippen molar-refractivity contribution in [2.75, 3.05) is 52.9 Å². The molecular formula is C19H34N6O2S. The number of carbonyl (C=O) groups is 1. The molecule has 0 aliphatic carbocycles. The minimum atomic E-state index is -0.445. The van der Waals surface area contributed by atoms with Gasteiger partial charge in [-0.15, -0.1) is 11.3 Å². The molecule has 28 heavy (non-hydrogen) atoms. The number of aromatic nitrogens is 1. The normalized spacial score (nSPS) is 16.2. The summed E-state index contributed by atoms with van der Waals surface area (Å²) in [6.07, 6.45) is 2.59. The first-order valence-electron chi connectivity index (χ1n) is 9.83. The number of rotatable bonds is 6. The summed E-state index contributed by atoms with van der Waals surface area (Å²) in [7, 11) is 1.78. The number of hydrogen-bond donors (Lipinski definition) is 2. The summed E-state index contributed by atoms with van der Waals surface area (Å²) < 4.78 is 5.44. The lowest BCUT2D eigenvalue weighted by atomic mass is 10.2. The number of thiazole rings is 1. The smallest absolute Gasteiger partial charge is 0.410 e. The van der Waals surface area contributed by atoms with Crippen LogP contribution < -0.4 is 10.6 Å². The number of piperazine rings is 1. The molecule has 1 aromatic heterocycles. The quantitative estimate of drug-likeness (QED) is 0.549. The first kappa shape index (κ1) is 22.4. The van der Waals surface area contributed by atoms with Crippen LogP contribution in [-0.2, 0) is 11.2 Å². The molecule has 1 saturated heterocycles.